The van der Waals surface area contributed by atoms with Gasteiger partial charge in [-0.15, -0.1) is 10.2 Å². The van der Waals surface area contributed by atoms with Gasteiger partial charge in [-0.1, -0.05) is 11.8 Å². The highest BCUT2D eigenvalue weighted by Crippen LogP contribution is 2.27. The van der Waals surface area contributed by atoms with Crippen molar-refractivity contribution >= 4 is 11.8 Å². The molecule has 0 saturated heterocycles. The fourth-order valence-electron chi connectivity index (χ4n) is 1.91. The molecule has 22 heavy (non-hydrogen) atoms. The van der Waals surface area contributed by atoms with Gasteiger partial charge in [0.2, 0.25) is 0 Å². The van der Waals surface area contributed by atoms with Gasteiger partial charge in [0.05, 0.1) is 25.4 Å². The molecule has 2 atom stereocenters. The van der Waals surface area contributed by atoms with Crippen molar-refractivity contribution in [1.82, 2.24) is 14.8 Å². The van der Waals surface area contributed by atoms with E-state index in [2.05, 4.69) is 23.2 Å². The van der Waals surface area contributed by atoms with Crippen LogP contribution in [0.2, 0.25) is 0 Å². The number of hydrogen-bond donors (Lipinski definition) is 1. The first-order valence-corrected chi connectivity index (χ1v) is 7.89. The highest BCUT2D eigenvalue weighted by molar-refractivity contribution is 8.00. The van der Waals surface area contributed by atoms with Crippen LogP contribution in [0.25, 0.3) is 5.69 Å². The van der Waals surface area contributed by atoms with Crippen LogP contribution in [0.1, 0.15) is 25.7 Å². The predicted octanol–water partition coefficient (Wildman–Crippen LogP) is 1.62. The van der Waals surface area contributed by atoms with Gasteiger partial charge in [0.1, 0.15) is 11.9 Å². The SMILES string of the molecule is C[C@H](C#N)Sc1nnc([C@@H](C)[NH+](C)C)n1-c1ccc(F)cc1. The second-order valence-electron chi connectivity index (χ2n) is 5.34. The summed E-state index contributed by atoms with van der Waals surface area (Å²) in [5.41, 5.74) is 0.794. The van der Waals surface area contributed by atoms with E-state index in [-0.39, 0.29) is 17.1 Å². The van der Waals surface area contributed by atoms with Gasteiger partial charge in [-0.2, -0.15) is 5.26 Å². The van der Waals surface area contributed by atoms with Crippen LogP contribution in [0.4, 0.5) is 4.39 Å². The third-order valence-corrected chi connectivity index (χ3v) is 4.39. The maximum atomic E-state index is 13.2. The Morgan fingerprint density at radius 1 is 1.23 bits per heavy atom. The molecule has 1 aromatic carbocycles. The predicted molar refractivity (Wildman–Crippen MR) is 83.5 cm³/mol. The van der Waals surface area contributed by atoms with E-state index >= 15 is 0 Å². The van der Waals surface area contributed by atoms with Gasteiger partial charge in [0.15, 0.2) is 11.0 Å². The molecular formula is C15H19FN5S+. The topological polar surface area (TPSA) is 58.9 Å². The first kappa shape index (κ1) is 16.5. The molecule has 1 heterocycles. The highest BCUT2D eigenvalue weighted by Gasteiger charge is 2.24. The lowest BCUT2D eigenvalue weighted by Crippen LogP contribution is -3.05. The number of aromatic nitrogens is 3. The summed E-state index contributed by atoms with van der Waals surface area (Å²) in [6, 6.07) is 8.51. The Bertz CT molecular complexity index is 674. The zero-order valence-corrected chi connectivity index (χ0v) is 13.9. The fourth-order valence-corrected chi connectivity index (χ4v) is 2.67. The average molecular weight is 320 g/mol. The van der Waals surface area contributed by atoms with E-state index in [1.807, 2.05) is 25.6 Å². The highest BCUT2D eigenvalue weighted by atomic mass is 32.2. The summed E-state index contributed by atoms with van der Waals surface area (Å²) in [5, 5.41) is 17.9. The second-order valence-corrected chi connectivity index (χ2v) is 6.65. The number of halogens is 1. The molecule has 2 rings (SSSR count). The Balaban J connectivity index is 2.52. The molecule has 116 valence electrons. The summed E-state index contributed by atoms with van der Waals surface area (Å²) in [6.45, 7) is 3.87. The monoisotopic (exact) mass is 320 g/mol. The Hall–Kier alpha value is -1.91. The Morgan fingerprint density at radius 2 is 1.86 bits per heavy atom. The molecule has 0 aliphatic rings. The second kappa shape index (κ2) is 6.90. The molecule has 0 unspecified atom stereocenters. The van der Waals surface area contributed by atoms with Crippen molar-refractivity contribution < 1.29 is 9.29 Å². The minimum absolute atomic E-state index is 0.115. The van der Waals surface area contributed by atoms with Crippen LogP contribution in [0.5, 0.6) is 0 Å². The van der Waals surface area contributed by atoms with Gasteiger partial charge in [0.25, 0.3) is 0 Å². The molecule has 1 aromatic heterocycles. The summed E-state index contributed by atoms with van der Waals surface area (Å²) in [5.74, 6) is 0.503. The van der Waals surface area contributed by atoms with Crippen LogP contribution < -0.4 is 4.90 Å². The Morgan fingerprint density at radius 3 is 2.41 bits per heavy atom. The maximum Gasteiger partial charge on any atom is 0.197 e. The first-order chi connectivity index (χ1) is 10.4. The van der Waals surface area contributed by atoms with E-state index < -0.39 is 0 Å². The van der Waals surface area contributed by atoms with Gasteiger partial charge in [-0.05, 0) is 38.1 Å². The lowest BCUT2D eigenvalue weighted by atomic mass is 10.2. The van der Waals surface area contributed by atoms with Gasteiger partial charge < -0.3 is 4.90 Å². The van der Waals surface area contributed by atoms with Crippen molar-refractivity contribution in [3.63, 3.8) is 0 Å². The average Bonchev–Trinajstić information content (AvgIpc) is 2.90. The van der Waals surface area contributed by atoms with Crippen molar-refractivity contribution in [3.05, 3.63) is 35.9 Å². The molecule has 2 aromatic rings. The van der Waals surface area contributed by atoms with E-state index in [0.717, 1.165) is 11.5 Å². The fraction of sp³-hybridized carbons (Fsp3) is 0.400. The van der Waals surface area contributed by atoms with E-state index in [1.54, 1.807) is 12.1 Å². The lowest BCUT2D eigenvalue weighted by Gasteiger charge is -2.18. The molecule has 0 spiro atoms. The molecule has 0 aliphatic carbocycles. The number of thioether (sulfide) groups is 1. The minimum Gasteiger partial charge on any atom is -0.331 e. The zero-order valence-electron chi connectivity index (χ0n) is 13.0. The van der Waals surface area contributed by atoms with Crippen molar-refractivity contribution in [2.75, 3.05) is 14.1 Å². The summed E-state index contributed by atoms with van der Waals surface area (Å²) in [6.07, 6.45) is 0. The van der Waals surface area contributed by atoms with Crippen molar-refractivity contribution in [3.8, 4) is 11.8 Å². The molecule has 0 aliphatic heterocycles. The lowest BCUT2D eigenvalue weighted by molar-refractivity contribution is -0.890. The Kier molecular flexibility index (Phi) is 5.16. The molecule has 0 fully saturated rings. The number of quaternary nitrogens is 1. The maximum absolute atomic E-state index is 13.2. The van der Waals surface area contributed by atoms with E-state index in [9.17, 15) is 4.39 Å². The van der Waals surface area contributed by atoms with Gasteiger partial charge in [-0.25, -0.2) is 4.39 Å². The molecule has 0 saturated carbocycles. The molecule has 5 nitrogen and oxygen atoms in total. The molecule has 0 amide bonds. The van der Waals surface area contributed by atoms with Crippen molar-refractivity contribution in [1.29, 1.82) is 5.26 Å². The summed E-state index contributed by atoms with van der Waals surface area (Å²) < 4.78 is 15.1. The number of benzene rings is 1. The number of hydrogen-bond acceptors (Lipinski definition) is 4. The third-order valence-electron chi connectivity index (χ3n) is 3.46. The van der Waals surface area contributed by atoms with Crippen LogP contribution in [-0.2, 0) is 0 Å². The third kappa shape index (κ3) is 3.46. The first-order valence-electron chi connectivity index (χ1n) is 7.01. The van der Waals surface area contributed by atoms with Crippen LogP contribution >= 0.6 is 11.8 Å². The number of nitrogens with one attached hydrogen (secondary N) is 1. The van der Waals surface area contributed by atoms with Crippen LogP contribution in [0, 0.1) is 17.1 Å². The van der Waals surface area contributed by atoms with Crippen LogP contribution in [0.3, 0.4) is 0 Å². The Labute approximate surface area is 133 Å². The zero-order chi connectivity index (χ0) is 16.3. The smallest absolute Gasteiger partial charge is 0.197 e. The van der Waals surface area contributed by atoms with Gasteiger partial charge in [0, 0.05) is 5.69 Å². The van der Waals surface area contributed by atoms with Crippen molar-refractivity contribution in [2.45, 2.75) is 30.3 Å². The van der Waals surface area contributed by atoms with Crippen molar-refractivity contribution in [2.24, 2.45) is 0 Å². The molecule has 7 heteroatoms. The summed E-state index contributed by atoms with van der Waals surface area (Å²) in [4.78, 5) is 1.21. The standard InChI is InChI=1S/C15H18FN5S/c1-10(9-17)22-15-19-18-14(11(2)20(3)4)21(15)13-7-5-12(16)6-8-13/h5-8,10-11H,1-4H3/p+1/t10-,11-/m1/s1. The molecular weight excluding hydrogens is 301 g/mol. The number of nitrogens with zero attached hydrogens (tertiary/aromatic N) is 4. The van der Waals surface area contributed by atoms with E-state index in [1.165, 1.54) is 28.8 Å². The number of rotatable bonds is 5. The van der Waals surface area contributed by atoms with Gasteiger partial charge >= 0.3 is 0 Å². The van der Waals surface area contributed by atoms with E-state index in [0.29, 0.717) is 5.16 Å². The largest absolute Gasteiger partial charge is 0.331 e. The van der Waals surface area contributed by atoms with E-state index in [4.69, 9.17) is 5.26 Å². The summed E-state index contributed by atoms with van der Waals surface area (Å²) in [7, 11) is 4.08. The molecule has 0 bridgehead atoms. The van der Waals surface area contributed by atoms with Crippen LogP contribution in [-0.4, -0.2) is 34.1 Å². The van der Waals surface area contributed by atoms with Gasteiger partial charge in [-0.3, -0.25) is 4.57 Å². The quantitative estimate of drug-likeness (QED) is 0.851. The van der Waals surface area contributed by atoms with Crippen LogP contribution in [0.15, 0.2) is 29.4 Å². The summed E-state index contributed by atoms with van der Waals surface area (Å²) >= 11 is 1.34. The normalized spacial score (nSPS) is 13.9. The molecule has 1 N–H and O–H groups in total. The number of nitriles is 1. The minimum atomic E-state index is -0.288. The molecule has 0 radical (unpaired) electrons.